The molecule has 0 fully saturated rings. The minimum atomic E-state index is -1.12. The number of nitrogens with one attached hydrogen (secondary N) is 1. The van der Waals surface area contributed by atoms with Gasteiger partial charge in [0.1, 0.15) is 17.9 Å². The molecule has 0 spiro atoms. The minimum Gasteiger partial charge on any atom is -0.449 e. The molecule has 0 bridgehead atoms. The van der Waals surface area contributed by atoms with Crippen LogP contribution in [0.25, 0.3) is 11.1 Å². The third-order valence-electron chi connectivity index (χ3n) is 5.51. The monoisotopic (exact) mass is 438 g/mol. The summed E-state index contributed by atoms with van der Waals surface area (Å²) in [6.45, 7) is 0.383. The Morgan fingerprint density at radius 2 is 1.71 bits per heavy atom. The molecule has 160 valence electrons. The molecule has 6 nitrogen and oxygen atoms in total. The van der Waals surface area contributed by atoms with Gasteiger partial charge in [-0.05, 0) is 46.4 Å². The molecule has 4 rings (SSSR count). The zero-order valence-electron chi connectivity index (χ0n) is 16.7. The van der Waals surface area contributed by atoms with Gasteiger partial charge < -0.3 is 20.3 Å². The van der Waals surface area contributed by atoms with Crippen LogP contribution in [0.15, 0.2) is 66.9 Å². The van der Waals surface area contributed by atoms with Crippen molar-refractivity contribution in [3.63, 3.8) is 0 Å². The molecule has 1 amide bonds. The normalized spacial score (nSPS) is 14.4. The quantitative estimate of drug-likeness (QED) is 0.484. The van der Waals surface area contributed by atoms with Crippen molar-refractivity contribution in [2.75, 3.05) is 13.2 Å². The fourth-order valence-corrected chi connectivity index (χ4v) is 4.14. The average Bonchev–Trinajstić information content (AvgIpc) is 3.11. The minimum absolute atomic E-state index is 0.0120. The molecule has 2 atom stereocenters. The van der Waals surface area contributed by atoms with Gasteiger partial charge in [-0.3, -0.25) is 0 Å². The number of rotatable bonds is 7. The van der Waals surface area contributed by atoms with Crippen molar-refractivity contribution in [2.45, 2.75) is 24.5 Å². The van der Waals surface area contributed by atoms with Gasteiger partial charge in [-0.15, -0.1) is 0 Å². The highest BCUT2D eigenvalue weighted by Gasteiger charge is 2.29. The molecule has 1 aliphatic rings. The molecule has 2 aromatic carbocycles. The second kappa shape index (κ2) is 9.47. The summed E-state index contributed by atoms with van der Waals surface area (Å²) in [6.07, 6.45) is -1.12. The van der Waals surface area contributed by atoms with Crippen molar-refractivity contribution < 1.29 is 19.7 Å². The van der Waals surface area contributed by atoms with Gasteiger partial charge in [0, 0.05) is 18.7 Å². The summed E-state index contributed by atoms with van der Waals surface area (Å²) >= 11 is 5.81. The molecule has 7 heteroatoms. The van der Waals surface area contributed by atoms with Gasteiger partial charge in [0.05, 0.1) is 6.10 Å². The van der Waals surface area contributed by atoms with Crippen LogP contribution < -0.4 is 5.32 Å². The van der Waals surface area contributed by atoms with Crippen LogP contribution in [-0.2, 0) is 4.74 Å². The van der Waals surface area contributed by atoms with Gasteiger partial charge in [0.25, 0.3) is 0 Å². The standard InChI is InChI=1S/C24H23ClN2O4/c25-22-13-15(9-11-26-22)23(29)21(28)10-12-27-24(30)31-14-20-18-7-3-1-5-16(18)17-6-2-4-8-19(17)20/h1-9,11,13,20-21,23,28-29H,10,12,14H2,(H,27,30). The first-order valence-electron chi connectivity index (χ1n) is 10.1. The van der Waals surface area contributed by atoms with E-state index in [1.165, 1.54) is 23.4 Å². The molecule has 0 radical (unpaired) electrons. The van der Waals surface area contributed by atoms with Crippen LogP contribution in [0.3, 0.4) is 0 Å². The van der Waals surface area contributed by atoms with Crippen LogP contribution in [0.1, 0.15) is 35.1 Å². The van der Waals surface area contributed by atoms with E-state index in [4.69, 9.17) is 16.3 Å². The summed E-state index contributed by atoms with van der Waals surface area (Å²) in [5.74, 6) is -0.0120. The second-order valence-corrected chi connectivity index (χ2v) is 7.85. The van der Waals surface area contributed by atoms with Crippen molar-refractivity contribution in [2.24, 2.45) is 0 Å². The van der Waals surface area contributed by atoms with Crippen LogP contribution in [0, 0.1) is 0 Å². The maximum absolute atomic E-state index is 12.2. The molecule has 31 heavy (non-hydrogen) atoms. The van der Waals surface area contributed by atoms with E-state index in [0.29, 0.717) is 5.56 Å². The Morgan fingerprint density at radius 3 is 2.35 bits per heavy atom. The Labute approximate surface area is 185 Å². The number of pyridine rings is 1. The van der Waals surface area contributed by atoms with E-state index in [1.807, 2.05) is 24.3 Å². The van der Waals surface area contributed by atoms with Crippen molar-refractivity contribution in [3.05, 3.63) is 88.7 Å². The predicted octanol–water partition coefficient (Wildman–Crippen LogP) is 4.06. The van der Waals surface area contributed by atoms with E-state index in [1.54, 1.807) is 6.07 Å². The van der Waals surface area contributed by atoms with Crippen LogP contribution >= 0.6 is 11.6 Å². The highest BCUT2D eigenvalue weighted by atomic mass is 35.5. The molecular weight excluding hydrogens is 416 g/mol. The van der Waals surface area contributed by atoms with Crippen molar-refractivity contribution in [1.82, 2.24) is 10.3 Å². The molecule has 1 aliphatic carbocycles. The molecule has 2 unspecified atom stereocenters. The lowest BCUT2D eigenvalue weighted by Gasteiger charge is -2.19. The molecule has 0 saturated heterocycles. The number of carbonyl (C=O) groups excluding carboxylic acids is 1. The molecular formula is C24H23ClN2O4. The van der Waals surface area contributed by atoms with Crippen molar-refractivity contribution in [1.29, 1.82) is 0 Å². The van der Waals surface area contributed by atoms with Crippen LogP contribution in [0.5, 0.6) is 0 Å². The second-order valence-electron chi connectivity index (χ2n) is 7.47. The maximum atomic E-state index is 12.2. The summed E-state index contributed by atoms with van der Waals surface area (Å²) in [4.78, 5) is 16.0. The topological polar surface area (TPSA) is 91.7 Å². The summed E-state index contributed by atoms with van der Waals surface area (Å²) < 4.78 is 5.46. The van der Waals surface area contributed by atoms with Gasteiger partial charge >= 0.3 is 6.09 Å². The molecule has 1 aromatic heterocycles. The van der Waals surface area contributed by atoms with Crippen molar-refractivity contribution in [3.8, 4) is 11.1 Å². The number of ether oxygens (including phenoxy) is 1. The smallest absolute Gasteiger partial charge is 0.407 e. The third-order valence-corrected chi connectivity index (χ3v) is 5.72. The number of aromatic nitrogens is 1. The number of nitrogens with zero attached hydrogens (tertiary/aromatic N) is 1. The Morgan fingerprint density at radius 1 is 1.06 bits per heavy atom. The van der Waals surface area contributed by atoms with E-state index in [2.05, 4.69) is 34.6 Å². The number of aliphatic hydroxyl groups excluding tert-OH is 2. The van der Waals surface area contributed by atoms with E-state index in [-0.39, 0.29) is 30.6 Å². The Bertz CT molecular complexity index is 1030. The number of fused-ring (bicyclic) bond motifs is 3. The Hall–Kier alpha value is -2.93. The number of hydrogen-bond donors (Lipinski definition) is 3. The van der Waals surface area contributed by atoms with E-state index in [0.717, 1.165) is 11.1 Å². The largest absolute Gasteiger partial charge is 0.449 e. The fourth-order valence-electron chi connectivity index (χ4n) is 3.95. The zero-order chi connectivity index (χ0) is 21.8. The number of alkyl carbamates (subject to hydrolysis) is 1. The molecule has 3 aromatic rings. The molecule has 1 heterocycles. The summed E-state index contributed by atoms with van der Waals surface area (Å²) in [5.41, 5.74) is 5.09. The van der Waals surface area contributed by atoms with Gasteiger partial charge in [0.2, 0.25) is 0 Å². The average molecular weight is 439 g/mol. The summed E-state index contributed by atoms with van der Waals surface area (Å²) in [5, 5.41) is 23.3. The first-order valence-corrected chi connectivity index (χ1v) is 10.5. The maximum Gasteiger partial charge on any atom is 0.407 e. The first-order chi connectivity index (χ1) is 15.0. The van der Waals surface area contributed by atoms with Gasteiger partial charge in [-0.25, -0.2) is 9.78 Å². The van der Waals surface area contributed by atoms with Crippen LogP contribution in [0.2, 0.25) is 5.15 Å². The predicted molar refractivity (Wildman–Crippen MR) is 118 cm³/mol. The molecule has 0 saturated carbocycles. The molecule has 0 aliphatic heterocycles. The number of benzene rings is 2. The number of carbonyl (C=O) groups is 1. The number of amides is 1. The Balaban J connectivity index is 1.28. The first kappa shape index (κ1) is 21.3. The lowest BCUT2D eigenvalue weighted by atomic mass is 9.98. The summed E-state index contributed by atoms with van der Waals surface area (Å²) in [6, 6.07) is 19.3. The van der Waals surface area contributed by atoms with E-state index >= 15 is 0 Å². The summed E-state index contributed by atoms with van der Waals surface area (Å²) in [7, 11) is 0. The van der Waals surface area contributed by atoms with E-state index < -0.39 is 18.3 Å². The lowest BCUT2D eigenvalue weighted by Crippen LogP contribution is -2.30. The number of aliphatic hydroxyl groups is 2. The van der Waals surface area contributed by atoms with Gasteiger partial charge in [-0.2, -0.15) is 0 Å². The lowest BCUT2D eigenvalue weighted by molar-refractivity contribution is 0.0136. The number of hydrogen-bond acceptors (Lipinski definition) is 5. The zero-order valence-corrected chi connectivity index (χ0v) is 17.5. The van der Waals surface area contributed by atoms with Gasteiger partial charge in [-0.1, -0.05) is 60.1 Å². The fraction of sp³-hybridized carbons (Fsp3) is 0.250. The van der Waals surface area contributed by atoms with E-state index in [9.17, 15) is 15.0 Å². The van der Waals surface area contributed by atoms with Gasteiger partial charge in [0.15, 0.2) is 0 Å². The third kappa shape index (κ3) is 4.71. The molecule has 3 N–H and O–H groups in total. The Kier molecular flexibility index (Phi) is 6.51. The van der Waals surface area contributed by atoms with Crippen molar-refractivity contribution >= 4 is 17.7 Å². The number of halogens is 1. The highest BCUT2D eigenvalue weighted by molar-refractivity contribution is 6.29. The van der Waals surface area contributed by atoms with Crippen LogP contribution in [0.4, 0.5) is 4.79 Å². The van der Waals surface area contributed by atoms with Crippen LogP contribution in [-0.4, -0.2) is 40.5 Å². The highest BCUT2D eigenvalue weighted by Crippen LogP contribution is 2.44. The SMILES string of the molecule is O=C(NCCC(O)C(O)c1ccnc(Cl)c1)OCC1c2ccccc2-c2ccccc21.